The van der Waals surface area contributed by atoms with E-state index in [4.69, 9.17) is 9.47 Å². The Morgan fingerprint density at radius 1 is 1.63 bits per heavy atom. The van der Waals surface area contributed by atoms with Crippen LogP contribution in [0.3, 0.4) is 0 Å². The van der Waals surface area contributed by atoms with Gasteiger partial charge in [0.25, 0.3) is 5.91 Å². The largest absolute Gasteiger partial charge is 0.382 e. The summed E-state index contributed by atoms with van der Waals surface area (Å²) in [4.78, 5) is 14.2. The Balaban J connectivity index is 2.12. The van der Waals surface area contributed by atoms with Gasteiger partial charge in [0.2, 0.25) is 0 Å². The van der Waals surface area contributed by atoms with Crippen LogP contribution in [0.4, 0.5) is 0 Å². The molecule has 6 nitrogen and oxygen atoms in total. The molecule has 0 aliphatic carbocycles. The fourth-order valence-electron chi connectivity index (χ4n) is 2.44. The van der Waals surface area contributed by atoms with E-state index in [9.17, 15) is 4.79 Å². The summed E-state index contributed by atoms with van der Waals surface area (Å²) in [5.41, 5.74) is 0.246. The fraction of sp³-hybridized carbons (Fsp3) is 0.692. The summed E-state index contributed by atoms with van der Waals surface area (Å²) in [6, 6.07) is 0. The molecule has 0 saturated carbocycles. The number of nitrogens with zero attached hydrogens (tertiary/aromatic N) is 3. The molecular formula is C13H21N3O3. The zero-order valence-electron chi connectivity index (χ0n) is 11.9. The van der Waals surface area contributed by atoms with Gasteiger partial charge < -0.3 is 14.4 Å². The number of aryl methyl sites for hydroxylation is 1. The summed E-state index contributed by atoms with van der Waals surface area (Å²) in [6.45, 7) is 5.57. The predicted molar refractivity (Wildman–Crippen MR) is 69.9 cm³/mol. The van der Waals surface area contributed by atoms with Crippen LogP contribution in [-0.4, -0.2) is 59.1 Å². The second-order valence-corrected chi connectivity index (χ2v) is 5.54. The first-order valence-electron chi connectivity index (χ1n) is 6.36. The number of ether oxygens (including phenoxy) is 2. The molecule has 1 amide bonds. The molecule has 1 aliphatic rings. The molecule has 106 valence electrons. The lowest BCUT2D eigenvalue weighted by Gasteiger charge is -2.42. The Hall–Kier alpha value is -1.40. The standard InChI is InChI=1S/C13H21N3O3/c1-13(2)9-16(7-11(19-13)8-18-4)12(17)10-5-14-15(3)6-10/h5-6,11H,7-9H2,1-4H3. The minimum absolute atomic E-state index is 0.00872. The minimum atomic E-state index is -0.362. The fourth-order valence-corrected chi connectivity index (χ4v) is 2.44. The van der Waals surface area contributed by atoms with Crippen LogP contribution in [0.25, 0.3) is 0 Å². The van der Waals surface area contributed by atoms with E-state index in [1.54, 1.807) is 31.2 Å². The highest BCUT2D eigenvalue weighted by Crippen LogP contribution is 2.22. The third-order valence-electron chi connectivity index (χ3n) is 3.07. The molecule has 0 aromatic carbocycles. The zero-order chi connectivity index (χ0) is 14.0. The molecule has 1 saturated heterocycles. The molecule has 6 heteroatoms. The molecule has 2 heterocycles. The van der Waals surface area contributed by atoms with E-state index in [2.05, 4.69) is 5.10 Å². The van der Waals surface area contributed by atoms with Gasteiger partial charge >= 0.3 is 0 Å². The highest BCUT2D eigenvalue weighted by atomic mass is 16.5. The quantitative estimate of drug-likeness (QED) is 0.808. The van der Waals surface area contributed by atoms with Crippen molar-refractivity contribution in [3.8, 4) is 0 Å². The number of morpholine rings is 1. The van der Waals surface area contributed by atoms with Crippen molar-refractivity contribution in [2.75, 3.05) is 26.8 Å². The zero-order valence-corrected chi connectivity index (χ0v) is 11.9. The molecule has 0 spiro atoms. The van der Waals surface area contributed by atoms with Crippen LogP contribution >= 0.6 is 0 Å². The Kier molecular flexibility index (Phi) is 3.91. The van der Waals surface area contributed by atoms with Gasteiger partial charge in [-0.1, -0.05) is 0 Å². The van der Waals surface area contributed by atoms with Crippen molar-refractivity contribution < 1.29 is 14.3 Å². The summed E-state index contributed by atoms with van der Waals surface area (Å²) in [5, 5.41) is 4.04. The van der Waals surface area contributed by atoms with Crippen LogP contribution in [0.5, 0.6) is 0 Å². The highest BCUT2D eigenvalue weighted by molar-refractivity contribution is 5.93. The number of amides is 1. The van der Waals surface area contributed by atoms with Crippen LogP contribution in [0.1, 0.15) is 24.2 Å². The van der Waals surface area contributed by atoms with Crippen LogP contribution in [0.15, 0.2) is 12.4 Å². The minimum Gasteiger partial charge on any atom is -0.382 e. The number of aromatic nitrogens is 2. The van der Waals surface area contributed by atoms with Gasteiger partial charge in [0.15, 0.2) is 0 Å². The van der Waals surface area contributed by atoms with Gasteiger partial charge in [-0.25, -0.2) is 0 Å². The van der Waals surface area contributed by atoms with Gasteiger partial charge in [-0.15, -0.1) is 0 Å². The second-order valence-electron chi connectivity index (χ2n) is 5.54. The van der Waals surface area contributed by atoms with Crippen LogP contribution in [0, 0.1) is 0 Å². The molecular weight excluding hydrogens is 246 g/mol. The van der Waals surface area contributed by atoms with Crippen LogP contribution < -0.4 is 0 Å². The number of hydrogen-bond donors (Lipinski definition) is 0. The molecule has 2 rings (SSSR count). The van der Waals surface area contributed by atoms with Gasteiger partial charge in [0.05, 0.1) is 30.1 Å². The lowest BCUT2D eigenvalue weighted by Crippen LogP contribution is -2.55. The highest BCUT2D eigenvalue weighted by Gasteiger charge is 2.36. The van der Waals surface area contributed by atoms with E-state index in [0.717, 1.165) is 0 Å². The lowest BCUT2D eigenvalue weighted by atomic mass is 10.0. The summed E-state index contributed by atoms with van der Waals surface area (Å²) in [5.74, 6) is -0.00872. The predicted octanol–water partition coefficient (Wildman–Crippen LogP) is 0.686. The van der Waals surface area contributed by atoms with E-state index in [1.807, 2.05) is 18.7 Å². The van der Waals surface area contributed by atoms with Gasteiger partial charge in [-0.3, -0.25) is 9.48 Å². The molecule has 1 fully saturated rings. The molecule has 0 N–H and O–H groups in total. The van der Waals surface area contributed by atoms with Crippen molar-refractivity contribution in [1.82, 2.24) is 14.7 Å². The van der Waals surface area contributed by atoms with Crippen molar-refractivity contribution in [2.24, 2.45) is 7.05 Å². The Morgan fingerprint density at radius 2 is 2.37 bits per heavy atom. The number of carbonyl (C=O) groups is 1. The maximum atomic E-state index is 12.4. The van der Waals surface area contributed by atoms with Crippen LogP contribution in [0.2, 0.25) is 0 Å². The molecule has 1 unspecified atom stereocenters. The molecule has 1 atom stereocenters. The smallest absolute Gasteiger partial charge is 0.257 e. The average Bonchev–Trinajstić information content (AvgIpc) is 2.73. The average molecular weight is 267 g/mol. The molecule has 1 aromatic heterocycles. The third kappa shape index (κ3) is 3.33. The maximum absolute atomic E-state index is 12.4. The SMILES string of the molecule is COCC1CN(C(=O)c2cnn(C)c2)CC(C)(C)O1. The van der Waals surface area contributed by atoms with Crippen molar-refractivity contribution in [1.29, 1.82) is 0 Å². The topological polar surface area (TPSA) is 56.6 Å². The molecule has 1 aromatic rings. The van der Waals surface area contributed by atoms with Crippen LogP contribution in [-0.2, 0) is 16.5 Å². The van der Waals surface area contributed by atoms with E-state index in [-0.39, 0.29) is 17.6 Å². The summed E-state index contributed by atoms with van der Waals surface area (Å²) in [6.07, 6.45) is 3.24. The Bertz CT molecular complexity index is 456. The first kappa shape index (κ1) is 14.0. The summed E-state index contributed by atoms with van der Waals surface area (Å²) < 4.78 is 12.7. The van der Waals surface area contributed by atoms with Gasteiger partial charge in [0, 0.05) is 33.4 Å². The van der Waals surface area contributed by atoms with Gasteiger partial charge in [0.1, 0.15) is 0 Å². The van der Waals surface area contributed by atoms with Crippen molar-refractivity contribution >= 4 is 5.91 Å². The first-order valence-corrected chi connectivity index (χ1v) is 6.36. The first-order chi connectivity index (χ1) is 8.91. The monoisotopic (exact) mass is 267 g/mol. The third-order valence-corrected chi connectivity index (χ3v) is 3.07. The van der Waals surface area contributed by atoms with E-state index in [0.29, 0.717) is 25.3 Å². The second kappa shape index (κ2) is 5.30. The van der Waals surface area contributed by atoms with E-state index in [1.165, 1.54) is 0 Å². The number of methoxy groups -OCH3 is 1. The van der Waals surface area contributed by atoms with Gasteiger partial charge in [-0.05, 0) is 13.8 Å². The van der Waals surface area contributed by atoms with E-state index >= 15 is 0 Å². The Labute approximate surface area is 113 Å². The van der Waals surface area contributed by atoms with Crippen molar-refractivity contribution in [2.45, 2.75) is 25.6 Å². The number of hydrogen-bond acceptors (Lipinski definition) is 4. The van der Waals surface area contributed by atoms with E-state index < -0.39 is 0 Å². The van der Waals surface area contributed by atoms with Gasteiger partial charge in [-0.2, -0.15) is 5.10 Å². The molecule has 19 heavy (non-hydrogen) atoms. The van der Waals surface area contributed by atoms with Crippen molar-refractivity contribution in [3.63, 3.8) is 0 Å². The number of carbonyl (C=O) groups excluding carboxylic acids is 1. The summed E-state index contributed by atoms with van der Waals surface area (Å²) >= 11 is 0. The normalized spacial score (nSPS) is 22.5. The Morgan fingerprint density at radius 3 is 2.95 bits per heavy atom. The summed E-state index contributed by atoms with van der Waals surface area (Å²) in [7, 11) is 3.44. The van der Waals surface area contributed by atoms with Crippen molar-refractivity contribution in [3.05, 3.63) is 18.0 Å². The lowest BCUT2D eigenvalue weighted by molar-refractivity contribution is -0.143. The molecule has 1 aliphatic heterocycles. The maximum Gasteiger partial charge on any atom is 0.257 e. The molecule has 0 bridgehead atoms. The molecule has 0 radical (unpaired) electrons. The number of rotatable bonds is 3.